The normalized spacial score (nSPS) is 10.4. The van der Waals surface area contributed by atoms with E-state index in [0.717, 1.165) is 5.56 Å². The SMILES string of the molecule is COc1cc(CCC(=O)c2ccc(F)c(C)c2)cc(OC)c1OC. The van der Waals surface area contributed by atoms with E-state index < -0.39 is 0 Å². The number of Topliss-reactive ketones (excluding diaryl/α,β-unsaturated/α-hetero) is 1. The van der Waals surface area contributed by atoms with E-state index in [1.807, 2.05) is 12.1 Å². The highest BCUT2D eigenvalue weighted by atomic mass is 19.1. The van der Waals surface area contributed by atoms with Gasteiger partial charge in [0, 0.05) is 12.0 Å². The number of ether oxygens (including phenoxy) is 3. The highest BCUT2D eigenvalue weighted by molar-refractivity contribution is 5.96. The number of halogens is 1. The van der Waals surface area contributed by atoms with Crippen LogP contribution in [0, 0.1) is 12.7 Å². The average molecular weight is 332 g/mol. The number of benzene rings is 2. The smallest absolute Gasteiger partial charge is 0.203 e. The number of hydrogen-bond acceptors (Lipinski definition) is 4. The lowest BCUT2D eigenvalue weighted by Gasteiger charge is -2.14. The van der Waals surface area contributed by atoms with Crippen LogP contribution in [0.15, 0.2) is 30.3 Å². The summed E-state index contributed by atoms with van der Waals surface area (Å²) in [5.41, 5.74) is 1.88. The van der Waals surface area contributed by atoms with Crippen molar-refractivity contribution in [2.45, 2.75) is 19.8 Å². The van der Waals surface area contributed by atoms with Crippen molar-refractivity contribution in [2.24, 2.45) is 0 Å². The van der Waals surface area contributed by atoms with Gasteiger partial charge in [-0.05, 0) is 54.8 Å². The first-order valence-corrected chi connectivity index (χ1v) is 7.58. The monoisotopic (exact) mass is 332 g/mol. The first-order valence-electron chi connectivity index (χ1n) is 7.58. The Hall–Kier alpha value is -2.56. The van der Waals surface area contributed by atoms with E-state index >= 15 is 0 Å². The molecule has 2 aromatic rings. The van der Waals surface area contributed by atoms with Gasteiger partial charge in [0.2, 0.25) is 5.75 Å². The molecule has 0 unspecified atom stereocenters. The van der Waals surface area contributed by atoms with Gasteiger partial charge in [0.25, 0.3) is 0 Å². The molecule has 0 atom stereocenters. The largest absolute Gasteiger partial charge is 0.493 e. The zero-order chi connectivity index (χ0) is 17.7. The predicted octanol–water partition coefficient (Wildman–Crippen LogP) is 3.98. The van der Waals surface area contributed by atoms with Gasteiger partial charge < -0.3 is 14.2 Å². The third-order valence-corrected chi connectivity index (χ3v) is 3.85. The van der Waals surface area contributed by atoms with E-state index in [-0.39, 0.29) is 11.6 Å². The van der Waals surface area contributed by atoms with Gasteiger partial charge in [0.1, 0.15) is 5.82 Å². The zero-order valence-electron chi connectivity index (χ0n) is 14.3. The zero-order valence-corrected chi connectivity index (χ0v) is 14.3. The van der Waals surface area contributed by atoms with E-state index in [0.29, 0.717) is 41.2 Å². The number of methoxy groups -OCH3 is 3. The van der Waals surface area contributed by atoms with Crippen molar-refractivity contribution < 1.29 is 23.4 Å². The Morgan fingerprint density at radius 1 is 1.00 bits per heavy atom. The van der Waals surface area contributed by atoms with E-state index in [1.54, 1.807) is 34.3 Å². The highest BCUT2D eigenvalue weighted by Crippen LogP contribution is 2.38. The topological polar surface area (TPSA) is 44.8 Å². The average Bonchev–Trinajstić information content (AvgIpc) is 2.60. The molecular weight excluding hydrogens is 311 g/mol. The van der Waals surface area contributed by atoms with Crippen LogP contribution in [0.25, 0.3) is 0 Å². The van der Waals surface area contributed by atoms with Crippen molar-refractivity contribution in [3.63, 3.8) is 0 Å². The molecule has 4 nitrogen and oxygen atoms in total. The molecule has 0 heterocycles. The quantitative estimate of drug-likeness (QED) is 0.720. The molecule has 0 aliphatic rings. The molecule has 0 fully saturated rings. The lowest BCUT2D eigenvalue weighted by atomic mass is 10.0. The Balaban J connectivity index is 2.16. The lowest BCUT2D eigenvalue weighted by Crippen LogP contribution is -2.03. The number of rotatable bonds is 7. The minimum atomic E-state index is -0.309. The Morgan fingerprint density at radius 3 is 2.12 bits per heavy atom. The molecule has 0 radical (unpaired) electrons. The molecule has 0 saturated heterocycles. The molecule has 128 valence electrons. The van der Waals surface area contributed by atoms with Gasteiger partial charge in [-0.2, -0.15) is 0 Å². The molecule has 0 saturated carbocycles. The minimum Gasteiger partial charge on any atom is -0.493 e. The summed E-state index contributed by atoms with van der Waals surface area (Å²) in [5.74, 6) is 1.28. The van der Waals surface area contributed by atoms with Crippen molar-refractivity contribution in [3.05, 3.63) is 52.8 Å². The predicted molar refractivity (Wildman–Crippen MR) is 89.9 cm³/mol. The summed E-state index contributed by atoms with van der Waals surface area (Å²) in [6.45, 7) is 1.64. The van der Waals surface area contributed by atoms with Crippen LogP contribution in [0.3, 0.4) is 0 Å². The molecule has 0 N–H and O–H groups in total. The second kappa shape index (κ2) is 7.81. The number of carbonyl (C=O) groups is 1. The van der Waals surface area contributed by atoms with Gasteiger partial charge in [0.05, 0.1) is 21.3 Å². The third kappa shape index (κ3) is 3.85. The van der Waals surface area contributed by atoms with Crippen molar-refractivity contribution in [1.29, 1.82) is 0 Å². The van der Waals surface area contributed by atoms with Gasteiger partial charge in [-0.3, -0.25) is 4.79 Å². The molecule has 0 amide bonds. The van der Waals surface area contributed by atoms with Gasteiger partial charge in [-0.25, -0.2) is 4.39 Å². The van der Waals surface area contributed by atoms with Crippen LogP contribution in [0.2, 0.25) is 0 Å². The van der Waals surface area contributed by atoms with Crippen LogP contribution >= 0.6 is 0 Å². The molecule has 0 aliphatic carbocycles. The number of ketones is 1. The van der Waals surface area contributed by atoms with E-state index in [2.05, 4.69) is 0 Å². The van der Waals surface area contributed by atoms with Gasteiger partial charge in [-0.15, -0.1) is 0 Å². The summed E-state index contributed by atoms with van der Waals surface area (Å²) in [6.07, 6.45) is 0.829. The highest BCUT2D eigenvalue weighted by Gasteiger charge is 2.14. The van der Waals surface area contributed by atoms with Gasteiger partial charge in [0.15, 0.2) is 17.3 Å². The third-order valence-electron chi connectivity index (χ3n) is 3.85. The molecule has 2 rings (SSSR count). The molecule has 5 heteroatoms. The Labute approximate surface area is 141 Å². The van der Waals surface area contributed by atoms with E-state index in [9.17, 15) is 9.18 Å². The van der Waals surface area contributed by atoms with Crippen molar-refractivity contribution >= 4 is 5.78 Å². The van der Waals surface area contributed by atoms with Gasteiger partial charge >= 0.3 is 0 Å². The van der Waals surface area contributed by atoms with Crippen LogP contribution in [-0.2, 0) is 6.42 Å². The summed E-state index contributed by atoms with van der Waals surface area (Å²) >= 11 is 0. The fourth-order valence-electron chi connectivity index (χ4n) is 2.50. The maximum absolute atomic E-state index is 13.3. The molecule has 0 aliphatic heterocycles. The minimum absolute atomic E-state index is 0.0353. The fourth-order valence-corrected chi connectivity index (χ4v) is 2.50. The van der Waals surface area contributed by atoms with Crippen molar-refractivity contribution in [2.75, 3.05) is 21.3 Å². The maximum Gasteiger partial charge on any atom is 0.203 e. The standard InChI is InChI=1S/C19H21FO4/c1-12-9-14(6-7-15(12)20)16(21)8-5-13-10-17(22-2)19(24-4)18(11-13)23-3/h6-7,9-11H,5,8H2,1-4H3. The van der Waals surface area contributed by atoms with Crippen LogP contribution in [0.5, 0.6) is 17.2 Å². The van der Waals surface area contributed by atoms with Crippen LogP contribution in [0.1, 0.15) is 27.9 Å². The number of aryl methyl sites for hydroxylation is 2. The summed E-state index contributed by atoms with van der Waals surface area (Å²) in [4.78, 5) is 12.3. The van der Waals surface area contributed by atoms with E-state index in [1.165, 1.54) is 12.1 Å². The summed E-state index contributed by atoms with van der Waals surface area (Å²) in [5, 5.41) is 0. The summed E-state index contributed by atoms with van der Waals surface area (Å²) in [7, 11) is 4.64. The van der Waals surface area contributed by atoms with Crippen LogP contribution < -0.4 is 14.2 Å². The first kappa shape index (κ1) is 17.8. The van der Waals surface area contributed by atoms with Crippen LogP contribution in [-0.4, -0.2) is 27.1 Å². The molecule has 0 bridgehead atoms. The van der Waals surface area contributed by atoms with Crippen molar-refractivity contribution in [3.8, 4) is 17.2 Å². The molecule has 24 heavy (non-hydrogen) atoms. The Morgan fingerprint density at radius 2 is 1.62 bits per heavy atom. The Bertz CT molecular complexity index is 715. The number of hydrogen-bond donors (Lipinski definition) is 0. The fraction of sp³-hybridized carbons (Fsp3) is 0.316. The van der Waals surface area contributed by atoms with Crippen molar-refractivity contribution in [1.82, 2.24) is 0 Å². The molecule has 2 aromatic carbocycles. The summed E-state index contributed by atoms with van der Waals surface area (Å²) < 4.78 is 29.2. The Kier molecular flexibility index (Phi) is 5.79. The molecule has 0 aromatic heterocycles. The molecule has 0 spiro atoms. The number of carbonyl (C=O) groups excluding carboxylic acids is 1. The first-order chi connectivity index (χ1) is 11.5. The molecular formula is C19H21FO4. The van der Waals surface area contributed by atoms with Crippen LogP contribution in [0.4, 0.5) is 4.39 Å². The second-order valence-corrected chi connectivity index (χ2v) is 5.42. The van der Waals surface area contributed by atoms with E-state index in [4.69, 9.17) is 14.2 Å². The maximum atomic E-state index is 13.3. The van der Waals surface area contributed by atoms with Gasteiger partial charge in [-0.1, -0.05) is 0 Å². The summed E-state index contributed by atoms with van der Waals surface area (Å²) in [6, 6.07) is 8.06. The second-order valence-electron chi connectivity index (χ2n) is 5.42. The lowest BCUT2D eigenvalue weighted by molar-refractivity contribution is 0.0982.